The molecule has 0 aromatic rings. The SMILES string of the molecule is CC1(C)[C@@H]2CC=C(CCO)[C@@H]1C2. The third-order valence-corrected chi connectivity index (χ3v) is 3.98. The minimum Gasteiger partial charge on any atom is -0.396 e. The van der Waals surface area contributed by atoms with E-state index >= 15 is 0 Å². The third kappa shape index (κ3) is 0.957. The van der Waals surface area contributed by atoms with Crippen molar-refractivity contribution in [3.05, 3.63) is 11.6 Å². The molecule has 1 saturated carbocycles. The normalized spacial score (nSPS) is 37.1. The highest BCUT2D eigenvalue weighted by Crippen LogP contribution is 2.59. The molecule has 3 aliphatic carbocycles. The molecular weight excluding hydrogens is 148 g/mol. The average molecular weight is 166 g/mol. The van der Waals surface area contributed by atoms with Crippen LogP contribution in [0.25, 0.3) is 0 Å². The molecule has 2 bridgehead atoms. The van der Waals surface area contributed by atoms with Gasteiger partial charge >= 0.3 is 0 Å². The lowest BCUT2D eigenvalue weighted by molar-refractivity contribution is -0.00943. The highest BCUT2D eigenvalue weighted by molar-refractivity contribution is 5.23. The molecule has 1 nitrogen and oxygen atoms in total. The lowest BCUT2D eigenvalue weighted by Crippen LogP contribution is -2.48. The molecule has 0 aromatic heterocycles. The Labute approximate surface area is 74.5 Å². The van der Waals surface area contributed by atoms with Crippen molar-refractivity contribution in [2.75, 3.05) is 6.61 Å². The van der Waals surface area contributed by atoms with Gasteiger partial charge in [0, 0.05) is 6.61 Å². The van der Waals surface area contributed by atoms with E-state index in [1.54, 1.807) is 0 Å². The Bertz CT molecular complexity index is 215. The molecule has 3 aliphatic rings. The number of rotatable bonds is 2. The summed E-state index contributed by atoms with van der Waals surface area (Å²) in [6.07, 6.45) is 5.89. The van der Waals surface area contributed by atoms with Gasteiger partial charge in [-0.25, -0.2) is 0 Å². The molecule has 0 unspecified atom stereocenters. The fraction of sp³-hybridized carbons (Fsp3) is 0.818. The van der Waals surface area contributed by atoms with Gasteiger partial charge in [-0.2, -0.15) is 0 Å². The monoisotopic (exact) mass is 166 g/mol. The largest absolute Gasteiger partial charge is 0.396 e. The highest BCUT2D eigenvalue weighted by atomic mass is 16.2. The molecule has 68 valence electrons. The van der Waals surface area contributed by atoms with Crippen molar-refractivity contribution in [2.45, 2.75) is 33.1 Å². The van der Waals surface area contributed by atoms with Crippen LogP contribution in [0.15, 0.2) is 11.6 Å². The second-order valence-corrected chi connectivity index (χ2v) is 4.79. The lowest BCUT2D eigenvalue weighted by Gasteiger charge is -2.56. The first-order valence-corrected chi connectivity index (χ1v) is 4.96. The zero-order valence-electron chi connectivity index (χ0n) is 8.01. The van der Waals surface area contributed by atoms with Gasteiger partial charge in [-0.1, -0.05) is 25.5 Å². The molecule has 0 radical (unpaired) electrons. The van der Waals surface area contributed by atoms with E-state index in [-0.39, 0.29) is 0 Å². The summed E-state index contributed by atoms with van der Waals surface area (Å²) in [7, 11) is 0. The van der Waals surface area contributed by atoms with Crippen LogP contribution in [-0.4, -0.2) is 11.7 Å². The molecule has 3 rings (SSSR count). The molecule has 12 heavy (non-hydrogen) atoms. The molecule has 0 aliphatic heterocycles. The van der Waals surface area contributed by atoms with Gasteiger partial charge in [0.2, 0.25) is 0 Å². The van der Waals surface area contributed by atoms with Crippen LogP contribution in [0, 0.1) is 17.3 Å². The smallest absolute Gasteiger partial charge is 0.0468 e. The first-order valence-electron chi connectivity index (χ1n) is 4.96. The van der Waals surface area contributed by atoms with Crippen molar-refractivity contribution < 1.29 is 5.11 Å². The van der Waals surface area contributed by atoms with Crippen molar-refractivity contribution in [2.24, 2.45) is 17.3 Å². The Morgan fingerprint density at radius 1 is 1.58 bits per heavy atom. The molecule has 1 fully saturated rings. The summed E-state index contributed by atoms with van der Waals surface area (Å²) in [5.41, 5.74) is 2.05. The van der Waals surface area contributed by atoms with Gasteiger partial charge < -0.3 is 5.11 Å². The number of allylic oxidation sites excluding steroid dienone is 1. The Kier molecular flexibility index (Phi) is 1.80. The van der Waals surface area contributed by atoms with E-state index in [2.05, 4.69) is 19.9 Å². The Morgan fingerprint density at radius 3 is 2.83 bits per heavy atom. The second kappa shape index (κ2) is 2.59. The summed E-state index contributed by atoms with van der Waals surface area (Å²) in [5.74, 6) is 1.70. The molecule has 2 atom stereocenters. The molecule has 0 saturated heterocycles. The number of hydrogen-bond donors (Lipinski definition) is 1. The standard InChI is InChI=1S/C11H18O/c1-11(2)9-4-3-8(5-6-12)10(11)7-9/h3,9-10,12H,4-7H2,1-2H3/t9-,10+/m1/s1. The van der Waals surface area contributed by atoms with Crippen LogP contribution in [0.2, 0.25) is 0 Å². The molecule has 1 heteroatoms. The molecule has 1 N–H and O–H groups in total. The Balaban J connectivity index is 2.13. The van der Waals surface area contributed by atoms with Crippen LogP contribution in [0.4, 0.5) is 0 Å². The molecule has 0 spiro atoms. The third-order valence-electron chi connectivity index (χ3n) is 3.98. The average Bonchev–Trinajstić information content (AvgIpc) is 2.05. The number of hydrogen-bond acceptors (Lipinski definition) is 1. The van der Waals surface area contributed by atoms with E-state index < -0.39 is 0 Å². The van der Waals surface area contributed by atoms with Crippen LogP contribution in [-0.2, 0) is 0 Å². The fourth-order valence-corrected chi connectivity index (χ4v) is 2.89. The van der Waals surface area contributed by atoms with E-state index in [0.29, 0.717) is 12.0 Å². The van der Waals surface area contributed by atoms with Crippen molar-refractivity contribution in [1.29, 1.82) is 0 Å². The minimum absolute atomic E-state index is 0.322. The topological polar surface area (TPSA) is 20.2 Å². The van der Waals surface area contributed by atoms with E-state index in [9.17, 15) is 0 Å². The number of aliphatic hydroxyl groups excluding tert-OH is 1. The van der Waals surface area contributed by atoms with Gasteiger partial charge in [-0.15, -0.1) is 0 Å². The maximum absolute atomic E-state index is 8.88. The maximum atomic E-state index is 8.88. The van der Waals surface area contributed by atoms with E-state index in [4.69, 9.17) is 5.11 Å². The van der Waals surface area contributed by atoms with Gasteiger partial charge in [0.15, 0.2) is 0 Å². The lowest BCUT2D eigenvalue weighted by atomic mass is 9.48. The first-order chi connectivity index (χ1) is 5.66. The van der Waals surface area contributed by atoms with Gasteiger partial charge in [-0.3, -0.25) is 0 Å². The first kappa shape index (κ1) is 8.31. The van der Waals surface area contributed by atoms with Crippen LogP contribution >= 0.6 is 0 Å². The predicted octanol–water partition coefficient (Wildman–Crippen LogP) is 2.36. The zero-order valence-corrected chi connectivity index (χ0v) is 8.01. The number of aliphatic hydroxyl groups is 1. The number of fused-ring (bicyclic) bond motifs is 1. The van der Waals surface area contributed by atoms with E-state index in [1.165, 1.54) is 18.4 Å². The summed E-state index contributed by atoms with van der Waals surface area (Å²) in [4.78, 5) is 0. The summed E-state index contributed by atoms with van der Waals surface area (Å²) < 4.78 is 0. The van der Waals surface area contributed by atoms with Gasteiger partial charge in [0.25, 0.3) is 0 Å². The molecule has 0 aromatic carbocycles. The Hall–Kier alpha value is -0.300. The summed E-state index contributed by atoms with van der Waals surface area (Å²) in [5, 5.41) is 8.88. The Morgan fingerprint density at radius 2 is 2.33 bits per heavy atom. The van der Waals surface area contributed by atoms with E-state index in [1.807, 2.05) is 0 Å². The zero-order chi connectivity index (χ0) is 8.77. The summed E-state index contributed by atoms with van der Waals surface area (Å²) in [6.45, 7) is 5.06. The quantitative estimate of drug-likeness (QED) is 0.624. The van der Waals surface area contributed by atoms with Crippen molar-refractivity contribution >= 4 is 0 Å². The highest BCUT2D eigenvalue weighted by Gasteiger charge is 2.50. The summed E-state index contributed by atoms with van der Waals surface area (Å²) in [6, 6.07) is 0. The maximum Gasteiger partial charge on any atom is 0.0468 e. The molecule has 0 heterocycles. The van der Waals surface area contributed by atoms with Crippen molar-refractivity contribution in [1.82, 2.24) is 0 Å². The van der Waals surface area contributed by atoms with Crippen LogP contribution in [0.5, 0.6) is 0 Å². The van der Waals surface area contributed by atoms with Crippen LogP contribution in [0.3, 0.4) is 0 Å². The van der Waals surface area contributed by atoms with Gasteiger partial charge in [0.05, 0.1) is 0 Å². The predicted molar refractivity (Wildman–Crippen MR) is 49.8 cm³/mol. The van der Waals surface area contributed by atoms with Gasteiger partial charge in [-0.05, 0) is 36.5 Å². The minimum atomic E-state index is 0.322. The molecular formula is C11H18O. The fourth-order valence-electron chi connectivity index (χ4n) is 2.89. The van der Waals surface area contributed by atoms with Crippen molar-refractivity contribution in [3.8, 4) is 0 Å². The van der Waals surface area contributed by atoms with Crippen LogP contribution < -0.4 is 0 Å². The molecule has 0 amide bonds. The second-order valence-electron chi connectivity index (χ2n) is 4.79. The van der Waals surface area contributed by atoms with Crippen LogP contribution in [0.1, 0.15) is 33.1 Å². The summed E-state index contributed by atoms with van der Waals surface area (Å²) >= 11 is 0. The van der Waals surface area contributed by atoms with Crippen molar-refractivity contribution in [3.63, 3.8) is 0 Å². The van der Waals surface area contributed by atoms with E-state index in [0.717, 1.165) is 18.3 Å². The van der Waals surface area contributed by atoms with Gasteiger partial charge in [0.1, 0.15) is 0 Å².